The van der Waals surface area contributed by atoms with Gasteiger partial charge in [-0.2, -0.15) is 0 Å². The van der Waals surface area contributed by atoms with Crippen molar-refractivity contribution >= 4 is 21.9 Å². The van der Waals surface area contributed by atoms with Crippen molar-refractivity contribution in [3.8, 4) is 22.5 Å². The average molecular weight is 647 g/mol. The fourth-order valence-electron chi connectivity index (χ4n) is 4.11. The number of hydrogen-bond acceptors (Lipinski definition) is 3. The molecular formula is C32H26IrN2O-2. The normalized spacial score (nSPS) is 10.7. The van der Waals surface area contributed by atoms with Crippen LogP contribution >= 0.6 is 0 Å². The third-order valence-electron chi connectivity index (χ3n) is 6.02. The van der Waals surface area contributed by atoms with E-state index in [4.69, 9.17) is 4.42 Å². The number of para-hydroxylation sites is 1. The molecule has 0 N–H and O–H groups in total. The number of hydrogen-bond donors (Lipinski definition) is 0. The maximum absolute atomic E-state index is 6.05. The molecule has 6 aromatic rings. The first-order valence-corrected chi connectivity index (χ1v) is 11.8. The molecule has 0 amide bonds. The van der Waals surface area contributed by atoms with Crippen LogP contribution in [0.15, 0.2) is 102 Å². The Balaban J connectivity index is 0.000000172. The predicted octanol–water partition coefficient (Wildman–Crippen LogP) is 8.43. The topological polar surface area (TPSA) is 38.9 Å². The van der Waals surface area contributed by atoms with Gasteiger partial charge in [-0.3, -0.25) is 0 Å². The van der Waals surface area contributed by atoms with Crippen molar-refractivity contribution in [2.75, 3.05) is 0 Å². The zero-order valence-corrected chi connectivity index (χ0v) is 22.8. The van der Waals surface area contributed by atoms with Crippen LogP contribution in [0.1, 0.15) is 30.9 Å². The summed E-state index contributed by atoms with van der Waals surface area (Å²) in [6, 6.07) is 34.8. The number of aryl methyl sites for hydroxylation is 1. The Morgan fingerprint density at radius 3 is 2.08 bits per heavy atom. The van der Waals surface area contributed by atoms with Gasteiger partial charge in [0, 0.05) is 37.9 Å². The summed E-state index contributed by atoms with van der Waals surface area (Å²) in [6.45, 7) is 6.45. The van der Waals surface area contributed by atoms with Crippen LogP contribution in [0.3, 0.4) is 0 Å². The summed E-state index contributed by atoms with van der Waals surface area (Å²) >= 11 is 0. The largest absolute Gasteiger partial charge is 0.501 e. The van der Waals surface area contributed by atoms with Gasteiger partial charge in [0.15, 0.2) is 0 Å². The summed E-state index contributed by atoms with van der Waals surface area (Å²) in [5, 5.41) is 2.30. The molecule has 0 fully saturated rings. The van der Waals surface area contributed by atoms with Crippen molar-refractivity contribution in [1.82, 2.24) is 9.97 Å². The van der Waals surface area contributed by atoms with Crippen LogP contribution < -0.4 is 0 Å². The summed E-state index contributed by atoms with van der Waals surface area (Å²) in [4.78, 5) is 8.70. The Hall–Kier alpha value is -3.59. The van der Waals surface area contributed by atoms with Crippen LogP contribution in [0.4, 0.5) is 0 Å². The van der Waals surface area contributed by atoms with Crippen molar-refractivity contribution in [2.24, 2.45) is 0 Å². The molecule has 0 aliphatic carbocycles. The molecule has 1 radical (unpaired) electrons. The van der Waals surface area contributed by atoms with E-state index in [1.165, 1.54) is 11.1 Å². The Morgan fingerprint density at radius 1 is 0.750 bits per heavy atom. The summed E-state index contributed by atoms with van der Waals surface area (Å²) in [6.07, 6.45) is 3.59. The van der Waals surface area contributed by atoms with Crippen LogP contribution in [0.2, 0.25) is 0 Å². The summed E-state index contributed by atoms with van der Waals surface area (Å²) < 4.78 is 6.05. The van der Waals surface area contributed by atoms with Gasteiger partial charge < -0.3 is 14.4 Å². The summed E-state index contributed by atoms with van der Waals surface area (Å²) in [5.74, 6) is 0.555. The first-order valence-electron chi connectivity index (χ1n) is 11.8. The van der Waals surface area contributed by atoms with Gasteiger partial charge >= 0.3 is 0 Å². The van der Waals surface area contributed by atoms with Gasteiger partial charge in [0.1, 0.15) is 5.58 Å². The van der Waals surface area contributed by atoms with Crippen molar-refractivity contribution in [1.29, 1.82) is 0 Å². The number of fused-ring (bicyclic) bond motifs is 3. The minimum absolute atomic E-state index is 0. The van der Waals surface area contributed by atoms with Crippen LogP contribution in [0.25, 0.3) is 44.5 Å². The number of pyridine rings is 2. The predicted molar refractivity (Wildman–Crippen MR) is 143 cm³/mol. The van der Waals surface area contributed by atoms with Crippen molar-refractivity contribution in [2.45, 2.75) is 26.7 Å². The smallest absolute Gasteiger partial charge is 0.120 e. The first kappa shape index (κ1) is 25.5. The van der Waals surface area contributed by atoms with Gasteiger partial charge in [-0.05, 0) is 29.6 Å². The molecule has 3 aromatic heterocycles. The SMILES string of the molecule is CC(C)c1c[c-]c(-c2ccccn2)cc1.Cc1c[c-]c(-c2ccccn2)c2oc3ccccc3c12.[Ir]. The van der Waals surface area contributed by atoms with Crippen molar-refractivity contribution in [3.63, 3.8) is 0 Å². The van der Waals surface area contributed by atoms with Crippen LogP contribution in [0, 0.1) is 19.1 Å². The van der Waals surface area contributed by atoms with E-state index in [9.17, 15) is 0 Å². The van der Waals surface area contributed by atoms with E-state index in [1.54, 1.807) is 12.4 Å². The third-order valence-corrected chi connectivity index (χ3v) is 6.02. The van der Waals surface area contributed by atoms with Gasteiger partial charge in [-0.15, -0.1) is 53.1 Å². The molecule has 0 saturated carbocycles. The molecule has 3 heterocycles. The van der Waals surface area contributed by atoms with E-state index in [2.05, 4.69) is 67.1 Å². The van der Waals surface area contributed by atoms with Gasteiger partial charge in [0.05, 0.1) is 5.58 Å². The second-order valence-electron chi connectivity index (χ2n) is 8.77. The van der Waals surface area contributed by atoms with E-state index in [1.807, 2.05) is 60.7 Å². The quantitative estimate of drug-likeness (QED) is 0.181. The molecule has 0 atom stereocenters. The van der Waals surface area contributed by atoms with Gasteiger partial charge in [0.2, 0.25) is 0 Å². The summed E-state index contributed by atoms with van der Waals surface area (Å²) in [5.41, 5.74) is 8.10. The molecule has 0 bridgehead atoms. The molecular weight excluding hydrogens is 621 g/mol. The zero-order chi connectivity index (χ0) is 24.2. The van der Waals surface area contributed by atoms with Gasteiger partial charge in [0.25, 0.3) is 0 Å². The number of nitrogens with zero attached hydrogens (tertiary/aromatic N) is 2. The number of furan rings is 1. The van der Waals surface area contributed by atoms with E-state index in [-0.39, 0.29) is 20.1 Å². The molecule has 4 heteroatoms. The Bertz CT molecular complexity index is 1560. The van der Waals surface area contributed by atoms with Crippen LogP contribution in [-0.2, 0) is 20.1 Å². The molecule has 0 spiro atoms. The fraction of sp³-hybridized carbons (Fsp3) is 0.125. The molecule has 3 nitrogen and oxygen atoms in total. The monoisotopic (exact) mass is 647 g/mol. The third kappa shape index (κ3) is 5.31. The van der Waals surface area contributed by atoms with Crippen LogP contribution in [-0.4, -0.2) is 9.97 Å². The Morgan fingerprint density at radius 2 is 1.44 bits per heavy atom. The Kier molecular flexibility index (Phi) is 8.10. The fourth-order valence-corrected chi connectivity index (χ4v) is 4.11. The summed E-state index contributed by atoms with van der Waals surface area (Å²) in [7, 11) is 0. The average Bonchev–Trinajstić information content (AvgIpc) is 3.31. The molecule has 0 unspecified atom stereocenters. The van der Waals surface area contributed by atoms with Crippen molar-refractivity contribution in [3.05, 3.63) is 121 Å². The van der Waals surface area contributed by atoms with Crippen LogP contribution in [0.5, 0.6) is 0 Å². The molecule has 3 aromatic carbocycles. The molecule has 6 rings (SSSR count). The minimum Gasteiger partial charge on any atom is -0.501 e. The zero-order valence-electron chi connectivity index (χ0n) is 20.5. The molecule has 36 heavy (non-hydrogen) atoms. The molecule has 0 saturated heterocycles. The van der Waals surface area contributed by atoms with E-state index >= 15 is 0 Å². The number of aromatic nitrogens is 2. The van der Waals surface area contributed by atoms with Gasteiger partial charge in [-0.25, -0.2) is 0 Å². The van der Waals surface area contributed by atoms with E-state index in [0.717, 1.165) is 44.5 Å². The maximum atomic E-state index is 6.05. The second-order valence-corrected chi connectivity index (χ2v) is 8.77. The minimum atomic E-state index is 0. The van der Waals surface area contributed by atoms with E-state index in [0.29, 0.717) is 5.92 Å². The van der Waals surface area contributed by atoms with Gasteiger partial charge in [-0.1, -0.05) is 80.1 Å². The number of rotatable bonds is 3. The maximum Gasteiger partial charge on any atom is 0.120 e. The van der Waals surface area contributed by atoms with Crippen molar-refractivity contribution < 1.29 is 24.5 Å². The first-order chi connectivity index (χ1) is 17.1. The number of benzene rings is 3. The standard InChI is InChI=1S/C18H12NO.C14H14N.Ir/c1-12-9-10-13(15-7-4-5-11-19-15)18-17(12)14-6-2-3-8-16(14)20-18;1-11(2)12-6-8-13(9-7-12)14-5-3-4-10-15-14;/h2-9,11H,1H3;3-8,10-11H,1-2H3;/q2*-1;. The molecule has 0 aliphatic heterocycles. The van der Waals surface area contributed by atoms with E-state index < -0.39 is 0 Å². The second kappa shape index (κ2) is 11.4. The molecule has 0 aliphatic rings. The molecule has 181 valence electrons. The Labute approximate surface area is 225 Å².